The van der Waals surface area contributed by atoms with E-state index in [-0.39, 0.29) is 17.9 Å². The van der Waals surface area contributed by atoms with E-state index in [1.54, 1.807) is 17.0 Å². The topological polar surface area (TPSA) is 80.8 Å². The van der Waals surface area contributed by atoms with E-state index in [1.807, 2.05) is 0 Å². The van der Waals surface area contributed by atoms with Crippen molar-refractivity contribution in [2.75, 3.05) is 26.3 Å². The Morgan fingerprint density at radius 1 is 1.15 bits per heavy atom. The summed E-state index contributed by atoms with van der Waals surface area (Å²) in [4.78, 5) is 31.1. The van der Waals surface area contributed by atoms with E-state index >= 15 is 0 Å². The highest BCUT2D eigenvalue weighted by atomic mass is 16.7. The fourth-order valence-electron chi connectivity index (χ4n) is 4.03. The van der Waals surface area contributed by atoms with Gasteiger partial charge in [-0.05, 0) is 25.0 Å². The molecule has 140 valence electrons. The van der Waals surface area contributed by atoms with Crippen LogP contribution in [-0.4, -0.2) is 59.8 Å². The molecule has 0 bridgehead atoms. The highest BCUT2D eigenvalue weighted by Crippen LogP contribution is 2.31. The van der Waals surface area contributed by atoms with E-state index < -0.39 is 5.79 Å². The third-order valence-electron chi connectivity index (χ3n) is 5.56. The fraction of sp³-hybridized carbons (Fsp3) is 0.632. The van der Waals surface area contributed by atoms with Crippen molar-refractivity contribution < 1.29 is 19.1 Å². The minimum Gasteiger partial charge on any atom is -0.349 e. The molecule has 0 radical (unpaired) electrons. The SMILES string of the molecule is O=C(NC1CCCC1)c1ccnc(C(=O)N2CCC3(CC2)OCCO3)c1. The Bertz CT molecular complexity index is 671. The van der Waals surface area contributed by atoms with Crippen LogP contribution in [-0.2, 0) is 9.47 Å². The maximum atomic E-state index is 12.8. The summed E-state index contributed by atoms with van der Waals surface area (Å²) in [6.45, 7) is 2.37. The molecule has 26 heavy (non-hydrogen) atoms. The molecule has 3 aliphatic rings. The number of carbonyl (C=O) groups excluding carboxylic acids is 2. The summed E-state index contributed by atoms with van der Waals surface area (Å²) in [6, 6.07) is 3.51. The Hall–Kier alpha value is -1.99. The molecule has 0 atom stereocenters. The van der Waals surface area contributed by atoms with Crippen LogP contribution in [0.2, 0.25) is 0 Å². The Kier molecular flexibility index (Phi) is 4.91. The average molecular weight is 359 g/mol. The van der Waals surface area contributed by atoms with Gasteiger partial charge in [-0.15, -0.1) is 0 Å². The summed E-state index contributed by atoms with van der Waals surface area (Å²) in [5, 5.41) is 3.05. The number of ether oxygens (including phenoxy) is 2. The largest absolute Gasteiger partial charge is 0.349 e. The van der Waals surface area contributed by atoms with Gasteiger partial charge >= 0.3 is 0 Å². The van der Waals surface area contributed by atoms with Crippen molar-refractivity contribution in [2.45, 2.75) is 50.4 Å². The summed E-state index contributed by atoms with van der Waals surface area (Å²) < 4.78 is 11.4. The normalized spacial score (nSPS) is 22.7. The van der Waals surface area contributed by atoms with Gasteiger partial charge in [0.2, 0.25) is 0 Å². The van der Waals surface area contributed by atoms with Crippen LogP contribution in [0.3, 0.4) is 0 Å². The Morgan fingerprint density at radius 2 is 1.85 bits per heavy atom. The summed E-state index contributed by atoms with van der Waals surface area (Å²) in [5.74, 6) is -0.778. The molecule has 1 aromatic rings. The molecule has 2 aliphatic heterocycles. The summed E-state index contributed by atoms with van der Waals surface area (Å²) in [6.07, 6.45) is 7.25. The van der Waals surface area contributed by atoms with Crippen molar-refractivity contribution in [3.8, 4) is 0 Å². The van der Waals surface area contributed by atoms with Crippen molar-refractivity contribution in [1.29, 1.82) is 0 Å². The lowest BCUT2D eigenvalue weighted by Crippen LogP contribution is -2.47. The Labute approximate surface area is 153 Å². The van der Waals surface area contributed by atoms with Gasteiger partial charge in [-0.25, -0.2) is 0 Å². The molecule has 0 unspecified atom stereocenters. The van der Waals surface area contributed by atoms with E-state index in [4.69, 9.17) is 9.47 Å². The molecule has 3 fully saturated rings. The van der Waals surface area contributed by atoms with E-state index in [0.717, 1.165) is 25.7 Å². The molecule has 2 amide bonds. The lowest BCUT2D eigenvalue weighted by atomic mass is 10.0. The van der Waals surface area contributed by atoms with E-state index in [2.05, 4.69) is 10.3 Å². The Morgan fingerprint density at radius 3 is 2.54 bits per heavy atom. The molecule has 1 aromatic heterocycles. The first kappa shape index (κ1) is 17.4. The van der Waals surface area contributed by atoms with Crippen molar-refractivity contribution in [3.05, 3.63) is 29.6 Å². The standard InChI is InChI=1S/C19H25N3O4/c23-17(21-15-3-1-2-4-15)14-5-8-20-16(13-14)18(24)22-9-6-19(7-10-22)25-11-12-26-19/h5,8,13,15H,1-4,6-7,9-12H2,(H,21,23). The monoisotopic (exact) mass is 359 g/mol. The van der Waals surface area contributed by atoms with Crippen molar-refractivity contribution in [3.63, 3.8) is 0 Å². The van der Waals surface area contributed by atoms with Gasteiger partial charge in [-0.3, -0.25) is 14.6 Å². The molecule has 1 spiro atoms. The molecular weight excluding hydrogens is 334 g/mol. The van der Waals surface area contributed by atoms with Crippen molar-refractivity contribution in [1.82, 2.24) is 15.2 Å². The van der Waals surface area contributed by atoms with Crippen LogP contribution in [0.1, 0.15) is 59.4 Å². The first-order valence-corrected chi connectivity index (χ1v) is 9.49. The zero-order valence-electron chi connectivity index (χ0n) is 14.9. The summed E-state index contributed by atoms with van der Waals surface area (Å²) in [5.41, 5.74) is 0.805. The lowest BCUT2D eigenvalue weighted by molar-refractivity contribution is -0.181. The van der Waals surface area contributed by atoms with Crippen molar-refractivity contribution >= 4 is 11.8 Å². The predicted octanol–water partition coefficient (Wildman–Crippen LogP) is 1.73. The summed E-state index contributed by atoms with van der Waals surface area (Å²) in [7, 11) is 0. The second kappa shape index (κ2) is 7.32. The van der Waals surface area contributed by atoms with Gasteiger partial charge in [0.15, 0.2) is 5.79 Å². The number of nitrogens with zero attached hydrogens (tertiary/aromatic N) is 2. The van der Waals surface area contributed by atoms with Crippen LogP contribution < -0.4 is 5.32 Å². The number of pyridine rings is 1. The van der Waals surface area contributed by atoms with Gasteiger partial charge in [-0.2, -0.15) is 0 Å². The third-order valence-corrected chi connectivity index (χ3v) is 5.56. The zero-order chi connectivity index (χ0) is 18.0. The van der Waals surface area contributed by atoms with Gasteiger partial charge in [0.05, 0.1) is 13.2 Å². The van der Waals surface area contributed by atoms with Gasteiger partial charge in [-0.1, -0.05) is 12.8 Å². The predicted molar refractivity (Wildman–Crippen MR) is 93.7 cm³/mol. The zero-order valence-corrected chi connectivity index (χ0v) is 14.9. The van der Waals surface area contributed by atoms with Gasteiger partial charge in [0.1, 0.15) is 5.69 Å². The number of carbonyl (C=O) groups is 2. The average Bonchev–Trinajstić information content (AvgIpc) is 3.34. The number of piperidine rings is 1. The highest BCUT2D eigenvalue weighted by molar-refractivity contribution is 5.98. The minimum absolute atomic E-state index is 0.126. The highest BCUT2D eigenvalue weighted by Gasteiger charge is 2.41. The number of nitrogens with one attached hydrogen (secondary N) is 1. The molecule has 1 saturated carbocycles. The van der Waals surface area contributed by atoms with Crippen LogP contribution in [0.5, 0.6) is 0 Å². The van der Waals surface area contributed by atoms with E-state index in [9.17, 15) is 9.59 Å². The third kappa shape index (κ3) is 3.59. The molecule has 1 aliphatic carbocycles. The van der Waals surface area contributed by atoms with Gasteiger partial charge in [0.25, 0.3) is 11.8 Å². The summed E-state index contributed by atoms with van der Waals surface area (Å²) >= 11 is 0. The number of hydrogen-bond acceptors (Lipinski definition) is 5. The Balaban J connectivity index is 1.39. The lowest BCUT2D eigenvalue weighted by Gasteiger charge is -2.37. The maximum absolute atomic E-state index is 12.8. The molecule has 0 aromatic carbocycles. The van der Waals surface area contributed by atoms with Crippen LogP contribution in [0.15, 0.2) is 18.3 Å². The smallest absolute Gasteiger partial charge is 0.272 e. The van der Waals surface area contributed by atoms with Crippen LogP contribution in [0, 0.1) is 0 Å². The first-order valence-electron chi connectivity index (χ1n) is 9.49. The van der Waals surface area contributed by atoms with Crippen molar-refractivity contribution in [2.24, 2.45) is 0 Å². The second-order valence-corrected chi connectivity index (χ2v) is 7.28. The molecule has 2 saturated heterocycles. The second-order valence-electron chi connectivity index (χ2n) is 7.28. The van der Waals surface area contributed by atoms with E-state index in [0.29, 0.717) is 50.4 Å². The van der Waals surface area contributed by atoms with Crippen LogP contribution in [0.4, 0.5) is 0 Å². The van der Waals surface area contributed by atoms with Crippen LogP contribution >= 0.6 is 0 Å². The number of aromatic nitrogens is 1. The molecule has 7 nitrogen and oxygen atoms in total. The van der Waals surface area contributed by atoms with E-state index in [1.165, 1.54) is 6.20 Å². The fourth-order valence-corrected chi connectivity index (χ4v) is 4.03. The van der Waals surface area contributed by atoms with Crippen LogP contribution in [0.25, 0.3) is 0 Å². The molecule has 1 N–H and O–H groups in total. The quantitative estimate of drug-likeness (QED) is 0.889. The number of hydrogen-bond donors (Lipinski definition) is 1. The van der Waals surface area contributed by atoms with Gasteiger partial charge < -0.3 is 19.7 Å². The maximum Gasteiger partial charge on any atom is 0.272 e. The molecule has 3 heterocycles. The number of amides is 2. The number of rotatable bonds is 3. The van der Waals surface area contributed by atoms with Gasteiger partial charge in [0, 0.05) is 43.7 Å². The molecule has 7 heteroatoms. The first-order chi connectivity index (χ1) is 12.7. The molecular formula is C19H25N3O4. The molecule has 4 rings (SSSR count). The number of likely N-dealkylation sites (tertiary alicyclic amines) is 1. The minimum atomic E-state index is -0.507.